The van der Waals surface area contributed by atoms with Crippen molar-refractivity contribution in [1.82, 2.24) is 4.90 Å². The minimum absolute atomic E-state index is 0. The summed E-state index contributed by atoms with van der Waals surface area (Å²) in [6, 6.07) is 17.0. The highest BCUT2D eigenvalue weighted by molar-refractivity contribution is 5.92. The van der Waals surface area contributed by atoms with Gasteiger partial charge in [0.25, 0.3) is 0 Å². The largest absolute Gasteiger partial charge is 0.457 e. The molecule has 4 nitrogen and oxygen atoms in total. The zero-order valence-electron chi connectivity index (χ0n) is 13.5. The highest BCUT2D eigenvalue weighted by Gasteiger charge is 2.08. The van der Waals surface area contributed by atoms with Crippen molar-refractivity contribution < 1.29 is 9.53 Å². The summed E-state index contributed by atoms with van der Waals surface area (Å²) >= 11 is 0. The van der Waals surface area contributed by atoms with Gasteiger partial charge in [0.1, 0.15) is 11.5 Å². The zero-order chi connectivity index (χ0) is 15.8. The van der Waals surface area contributed by atoms with Gasteiger partial charge in [0, 0.05) is 11.8 Å². The molecule has 0 bridgehead atoms. The van der Waals surface area contributed by atoms with Crippen LogP contribution in [-0.4, -0.2) is 30.4 Å². The molecule has 1 N–H and O–H groups in total. The molecule has 0 saturated carbocycles. The molecule has 23 heavy (non-hydrogen) atoms. The Kier molecular flexibility index (Phi) is 8.16. The molecule has 0 radical (unpaired) electrons. The number of halogens is 1. The fraction of sp³-hybridized carbons (Fsp3) is 0.278. The van der Waals surface area contributed by atoms with Crippen LogP contribution in [0.2, 0.25) is 0 Å². The average molecular weight is 335 g/mol. The van der Waals surface area contributed by atoms with Crippen LogP contribution in [0.15, 0.2) is 54.6 Å². The van der Waals surface area contributed by atoms with E-state index in [1.807, 2.05) is 68.4 Å². The van der Waals surface area contributed by atoms with E-state index >= 15 is 0 Å². The van der Waals surface area contributed by atoms with Gasteiger partial charge >= 0.3 is 0 Å². The highest BCUT2D eigenvalue weighted by atomic mass is 35.5. The second-order valence-electron chi connectivity index (χ2n) is 4.95. The van der Waals surface area contributed by atoms with Gasteiger partial charge in [0.15, 0.2) is 0 Å². The van der Waals surface area contributed by atoms with E-state index in [1.54, 1.807) is 0 Å². The van der Waals surface area contributed by atoms with Crippen molar-refractivity contribution >= 4 is 24.0 Å². The maximum Gasteiger partial charge on any atom is 0.238 e. The second kappa shape index (κ2) is 9.87. The first kappa shape index (κ1) is 19.0. The molecule has 2 aromatic carbocycles. The Labute approximate surface area is 143 Å². The molecule has 0 aliphatic carbocycles. The molecule has 0 heterocycles. The van der Waals surface area contributed by atoms with Crippen LogP contribution in [0.1, 0.15) is 13.8 Å². The molecular weight excluding hydrogens is 312 g/mol. The number of carbonyl (C=O) groups excluding carboxylic acids is 1. The quantitative estimate of drug-likeness (QED) is 0.825. The summed E-state index contributed by atoms with van der Waals surface area (Å²) in [6.07, 6.45) is 0. The monoisotopic (exact) mass is 334 g/mol. The maximum absolute atomic E-state index is 12.0. The third kappa shape index (κ3) is 6.30. The van der Waals surface area contributed by atoms with Gasteiger partial charge in [-0.05, 0) is 37.4 Å². The van der Waals surface area contributed by atoms with Crippen LogP contribution in [0.25, 0.3) is 0 Å². The first-order valence-corrected chi connectivity index (χ1v) is 7.56. The molecule has 0 unspecified atom stereocenters. The van der Waals surface area contributed by atoms with Crippen LogP contribution in [0, 0.1) is 0 Å². The van der Waals surface area contributed by atoms with E-state index in [1.165, 1.54) is 0 Å². The summed E-state index contributed by atoms with van der Waals surface area (Å²) in [5.41, 5.74) is 0.741. The van der Waals surface area contributed by atoms with E-state index in [0.29, 0.717) is 12.3 Å². The molecule has 0 spiro atoms. The molecule has 0 saturated heterocycles. The van der Waals surface area contributed by atoms with Crippen molar-refractivity contribution in [2.75, 3.05) is 25.0 Å². The van der Waals surface area contributed by atoms with E-state index in [0.717, 1.165) is 24.5 Å². The fourth-order valence-corrected chi connectivity index (χ4v) is 2.11. The fourth-order valence-electron chi connectivity index (χ4n) is 2.11. The van der Waals surface area contributed by atoms with Gasteiger partial charge in [-0.25, -0.2) is 0 Å². The molecule has 1 amide bonds. The van der Waals surface area contributed by atoms with Crippen LogP contribution in [0.4, 0.5) is 5.69 Å². The zero-order valence-corrected chi connectivity index (χ0v) is 14.3. The van der Waals surface area contributed by atoms with Crippen molar-refractivity contribution in [3.05, 3.63) is 54.6 Å². The normalized spacial score (nSPS) is 10.0. The Morgan fingerprint density at radius 3 is 2.30 bits per heavy atom. The summed E-state index contributed by atoms with van der Waals surface area (Å²) in [4.78, 5) is 14.1. The van der Waals surface area contributed by atoms with E-state index < -0.39 is 0 Å². The standard InChI is InChI=1S/C18H22N2O2.ClH/c1-3-20(4-2)14-18(21)19-15-9-8-12-17(13-15)22-16-10-6-5-7-11-16;/h5-13H,3-4,14H2,1-2H3,(H,19,21);1H. The third-order valence-electron chi connectivity index (χ3n) is 3.36. The van der Waals surface area contributed by atoms with Crippen LogP contribution in [0.3, 0.4) is 0 Å². The molecular formula is C18H23ClN2O2. The Hall–Kier alpha value is -2.04. The number of carbonyl (C=O) groups is 1. The van der Waals surface area contributed by atoms with Crippen molar-refractivity contribution in [3.63, 3.8) is 0 Å². The molecule has 5 heteroatoms. The number of nitrogens with one attached hydrogen (secondary N) is 1. The lowest BCUT2D eigenvalue weighted by atomic mass is 10.3. The number of anilines is 1. The van der Waals surface area contributed by atoms with Crippen molar-refractivity contribution in [2.24, 2.45) is 0 Å². The summed E-state index contributed by atoms with van der Waals surface area (Å²) in [6.45, 7) is 6.22. The topological polar surface area (TPSA) is 41.6 Å². The van der Waals surface area contributed by atoms with Gasteiger partial charge in [0.2, 0.25) is 5.91 Å². The highest BCUT2D eigenvalue weighted by Crippen LogP contribution is 2.23. The molecule has 2 aromatic rings. The molecule has 0 atom stereocenters. The number of amides is 1. The number of hydrogen-bond donors (Lipinski definition) is 1. The Bertz CT molecular complexity index is 601. The van der Waals surface area contributed by atoms with E-state index in [9.17, 15) is 4.79 Å². The van der Waals surface area contributed by atoms with Gasteiger partial charge in [-0.1, -0.05) is 38.1 Å². The summed E-state index contributed by atoms with van der Waals surface area (Å²) in [5.74, 6) is 1.46. The van der Waals surface area contributed by atoms with E-state index in [-0.39, 0.29) is 18.3 Å². The van der Waals surface area contributed by atoms with E-state index in [2.05, 4.69) is 10.2 Å². The molecule has 2 rings (SSSR count). The van der Waals surface area contributed by atoms with Crippen LogP contribution in [0.5, 0.6) is 11.5 Å². The number of nitrogens with zero attached hydrogens (tertiary/aromatic N) is 1. The molecule has 0 aromatic heterocycles. The molecule has 124 valence electrons. The van der Waals surface area contributed by atoms with Gasteiger partial charge in [-0.2, -0.15) is 0 Å². The number of para-hydroxylation sites is 1. The van der Waals surface area contributed by atoms with E-state index in [4.69, 9.17) is 4.74 Å². The van der Waals surface area contributed by atoms with Crippen LogP contribution >= 0.6 is 12.4 Å². The molecule has 0 fully saturated rings. The number of benzene rings is 2. The van der Waals surface area contributed by atoms with Gasteiger partial charge in [-0.3, -0.25) is 9.69 Å². The summed E-state index contributed by atoms with van der Waals surface area (Å²) < 4.78 is 5.76. The van der Waals surface area contributed by atoms with Crippen molar-refractivity contribution in [3.8, 4) is 11.5 Å². The SMILES string of the molecule is CCN(CC)CC(=O)Nc1cccc(Oc2ccccc2)c1.Cl. The van der Waals surface area contributed by atoms with Crippen LogP contribution in [-0.2, 0) is 4.79 Å². The Morgan fingerprint density at radius 1 is 1.00 bits per heavy atom. The second-order valence-corrected chi connectivity index (χ2v) is 4.95. The lowest BCUT2D eigenvalue weighted by Gasteiger charge is -2.17. The minimum atomic E-state index is -0.0134. The first-order valence-electron chi connectivity index (χ1n) is 7.56. The lowest BCUT2D eigenvalue weighted by molar-refractivity contribution is -0.117. The Morgan fingerprint density at radius 2 is 1.65 bits per heavy atom. The predicted octanol–water partition coefficient (Wildman–Crippen LogP) is 4.18. The van der Waals surface area contributed by atoms with Crippen molar-refractivity contribution in [2.45, 2.75) is 13.8 Å². The third-order valence-corrected chi connectivity index (χ3v) is 3.36. The van der Waals surface area contributed by atoms with Crippen molar-refractivity contribution in [1.29, 1.82) is 0 Å². The summed E-state index contributed by atoms with van der Waals surface area (Å²) in [5, 5.41) is 2.91. The minimum Gasteiger partial charge on any atom is -0.457 e. The Balaban J connectivity index is 0.00000264. The molecule has 0 aliphatic rings. The van der Waals surface area contributed by atoms with Gasteiger partial charge < -0.3 is 10.1 Å². The van der Waals surface area contributed by atoms with Gasteiger partial charge in [0.05, 0.1) is 6.54 Å². The number of likely N-dealkylation sites (N-methyl/N-ethyl adjacent to an activating group) is 1. The summed E-state index contributed by atoms with van der Waals surface area (Å²) in [7, 11) is 0. The predicted molar refractivity (Wildman–Crippen MR) is 96.6 cm³/mol. The molecule has 0 aliphatic heterocycles. The smallest absolute Gasteiger partial charge is 0.238 e. The number of ether oxygens (including phenoxy) is 1. The maximum atomic E-state index is 12.0. The first-order chi connectivity index (χ1) is 10.7. The average Bonchev–Trinajstić information content (AvgIpc) is 2.54. The lowest BCUT2D eigenvalue weighted by Crippen LogP contribution is -2.32. The van der Waals surface area contributed by atoms with Gasteiger partial charge in [-0.15, -0.1) is 12.4 Å². The number of hydrogen-bond acceptors (Lipinski definition) is 3. The number of rotatable bonds is 7. The van der Waals surface area contributed by atoms with Crippen LogP contribution < -0.4 is 10.1 Å².